The first-order chi connectivity index (χ1) is 8.65. The molecule has 0 aliphatic carbocycles. The fourth-order valence-electron chi connectivity index (χ4n) is 2.90. The van der Waals surface area contributed by atoms with Crippen LogP contribution in [0.3, 0.4) is 0 Å². The molecule has 1 heterocycles. The summed E-state index contributed by atoms with van der Waals surface area (Å²) in [6.07, 6.45) is 3.60. The van der Waals surface area contributed by atoms with Crippen molar-refractivity contribution in [2.45, 2.75) is 72.6 Å². The third-order valence-corrected chi connectivity index (χ3v) is 5.02. The molecule has 0 aromatic rings. The molecular formula is C16H30F2O. The molecule has 0 aromatic carbocycles. The molecule has 1 aliphatic heterocycles. The Labute approximate surface area is 117 Å². The van der Waals surface area contributed by atoms with Crippen molar-refractivity contribution in [1.82, 2.24) is 0 Å². The minimum atomic E-state index is -2.57. The van der Waals surface area contributed by atoms with E-state index in [0.717, 1.165) is 32.5 Å². The molecule has 3 heteroatoms. The molecule has 0 spiro atoms. The van der Waals surface area contributed by atoms with Gasteiger partial charge in [0.05, 0.1) is 6.61 Å². The average Bonchev–Trinajstić information content (AvgIpc) is 2.65. The van der Waals surface area contributed by atoms with Crippen LogP contribution in [0.4, 0.5) is 8.78 Å². The largest absolute Gasteiger partial charge is 0.381 e. The van der Waals surface area contributed by atoms with Crippen molar-refractivity contribution < 1.29 is 13.5 Å². The van der Waals surface area contributed by atoms with Crippen LogP contribution in [0.2, 0.25) is 0 Å². The van der Waals surface area contributed by atoms with E-state index < -0.39 is 11.3 Å². The van der Waals surface area contributed by atoms with Crippen molar-refractivity contribution in [2.24, 2.45) is 16.7 Å². The van der Waals surface area contributed by atoms with Crippen LogP contribution < -0.4 is 0 Å². The zero-order valence-corrected chi connectivity index (χ0v) is 13.2. The Balaban J connectivity index is 2.39. The molecule has 1 rings (SSSR count). The fraction of sp³-hybridized carbons (Fsp3) is 1.00. The molecule has 1 saturated heterocycles. The molecule has 0 aromatic heterocycles. The molecule has 1 aliphatic rings. The first kappa shape index (κ1) is 16.9. The van der Waals surface area contributed by atoms with Gasteiger partial charge in [-0.25, -0.2) is 8.78 Å². The highest BCUT2D eigenvalue weighted by atomic mass is 19.3. The summed E-state index contributed by atoms with van der Waals surface area (Å²) in [6.45, 7) is 10.9. The predicted molar refractivity (Wildman–Crippen MR) is 75.6 cm³/mol. The van der Waals surface area contributed by atoms with E-state index in [1.807, 2.05) is 0 Å². The number of hydrogen-bond donors (Lipinski definition) is 0. The number of alkyl halides is 2. The van der Waals surface area contributed by atoms with Crippen LogP contribution in [0, 0.1) is 16.7 Å². The molecular weight excluding hydrogens is 246 g/mol. The van der Waals surface area contributed by atoms with Crippen molar-refractivity contribution in [3.63, 3.8) is 0 Å². The Morgan fingerprint density at radius 2 is 1.84 bits per heavy atom. The van der Waals surface area contributed by atoms with Crippen LogP contribution >= 0.6 is 0 Å². The molecule has 0 amide bonds. The van der Waals surface area contributed by atoms with Gasteiger partial charge in [0.25, 0.3) is 5.92 Å². The molecule has 1 nitrogen and oxygen atoms in total. The normalized spacial score (nSPS) is 28.9. The quantitative estimate of drug-likeness (QED) is 0.599. The van der Waals surface area contributed by atoms with Gasteiger partial charge in [0, 0.05) is 18.4 Å². The summed E-state index contributed by atoms with van der Waals surface area (Å²) in [6, 6.07) is 0. The lowest BCUT2D eigenvalue weighted by molar-refractivity contribution is -0.104. The first-order valence-electron chi connectivity index (χ1n) is 7.60. The van der Waals surface area contributed by atoms with Gasteiger partial charge in [0.1, 0.15) is 0 Å². The van der Waals surface area contributed by atoms with Gasteiger partial charge in [-0.05, 0) is 30.6 Å². The molecule has 0 N–H and O–H groups in total. The highest BCUT2D eigenvalue weighted by Crippen LogP contribution is 2.43. The van der Waals surface area contributed by atoms with Crippen LogP contribution in [0.25, 0.3) is 0 Å². The smallest absolute Gasteiger partial charge is 0.252 e. The summed E-state index contributed by atoms with van der Waals surface area (Å²) >= 11 is 0. The molecule has 1 fully saturated rings. The third kappa shape index (κ3) is 3.90. The van der Waals surface area contributed by atoms with E-state index in [0.29, 0.717) is 12.3 Å². The van der Waals surface area contributed by atoms with Gasteiger partial charge >= 0.3 is 0 Å². The minimum Gasteiger partial charge on any atom is -0.381 e. The number of ether oxygens (including phenoxy) is 1. The second-order valence-corrected chi connectivity index (χ2v) is 7.29. The fourth-order valence-corrected chi connectivity index (χ4v) is 2.90. The molecule has 0 bridgehead atoms. The SMILES string of the molecule is CCC1(CCCCC(F)(F)C(C)(C)C)COCC1C. The molecule has 2 unspecified atom stereocenters. The van der Waals surface area contributed by atoms with Crippen LogP contribution in [0.5, 0.6) is 0 Å². The van der Waals surface area contributed by atoms with Gasteiger partial charge in [-0.2, -0.15) is 0 Å². The van der Waals surface area contributed by atoms with Crippen molar-refractivity contribution >= 4 is 0 Å². The van der Waals surface area contributed by atoms with Crippen molar-refractivity contribution in [3.8, 4) is 0 Å². The minimum absolute atomic E-state index is 0.00549. The molecule has 0 radical (unpaired) electrons. The summed E-state index contributed by atoms with van der Waals surface area (Å²) in [5.74, 6) is -2.01. The van der Waals surface area contributed by atoms with Crippen molar-refractivity contribution in [1.29, 1.82) is 0 Å². The maximum absolute atomic E-state index is 13.9. The summed E-state index contributed by atoms with van der Waals surface area (Å²) < 4.78 is 33.3. The van der Waals surface area contributed by atoms with E-state index in [4.69, 9.17) is 4.74 Å². The van der Waals surface area contributed by atoms with Gasteiger partial charge in [-0.3, -0.25) is 0 Å². The van der Waals surface area contributed by atoms with Crippen LogP contribution in [0.15, 0.2) is 0 Å². The highest BCUT2D eigenvalue weighted by molar-refractivity contribution is 4.88. The molecule has 2 atom stereocenters. The standard InChI is InChI=1S/C16H30F2O/c1-6-15(12-19-11-13(15)2)9-7-8-10-16(17,18)14(3,4)5/h13H,6-12H2,1-5H3. The second kappa shape index (κ2) is 6.07. The van der Waals surface area contributed by atoms with E-state index in [1.54, 1.807) is 20.8 Å². The Morgan fingerprint density at radius 3 is 2.26 bits per heavy atom. The van der Waals surface area contributed by atoms with Gasteiger partial charge in [0.2, 0.25) is 0 Å². The zero-order chi connectivity index (χ0) is 14.7. The highest BCUT2D eigenvalue weighted by Gasteiger charge is 2.43. The number of unbranched alkanes of at least 4 members (excludes halogenated alkanes) is 1. The van der Waals surface area contributed by atoms with Gasteiger partial charge in [0.15, 0.2) is 0 Å². The van der Waals surface area contributed by atoms with E-state index in [2.05, 4.69) is 13.8 Å². The zero-order valence-electron chi connectivity index (χ0n) is 13.2. The van der Waals surface area contributed by atoms with Crippen LogP contribution in [0.1, 0.15) is 66.7 Å². The monoisotopic (exact) mass is 276 g/mol. The first-order valence-corrected chi connectivity index (χ1v) is 7.60. The van der Waals surface area contributed by atoms with E-state index >= 15 is 0 Å². The Kier molecular flexibility index (Phi) is 5.39. The second-order valence-electron chi connectivity index (χ2n) is 7.29. The molecule has 19 heavy (non-hydrogen) atoms. The molecule has 114 valence electrons. The Morgan fingerprint density at radius 1 is 1.21 bits per heavy atom. The topological polar surface area (TPSA) is 9.23 Å². The third-order valence-electron chi connectivity index (χ3n) is 5.02. The Hall–Kier alpha value is -0.180. The number of halogens is 2. The van der Waals surface area contributed by atoms with Gasteiger partial charge < -0.3 is 4.74 Å². The van der Waals surface area contributed by atoms with Crippen LogP contribution in [-0.4, -0.2) is 19.1 Å². The van der Waals surface area contributed by atoms with E-state index in [-0.39, 0.29) is 11.8 Å². The predicted octanol–water partition coefficient (Wildman–Crippen LogP) is 5.29. The lowest BCUT2D eigenvalue weighted by Gasteiger charge is -2.32. The lowest BCUT2D eigenvalue weighted by atomic mass is 9.73. The maximum Gasteiger partial charge on any atom is 0.252 e. The number of hydrogen-bond acceptors (Lipinski definition) is 1. The van der Waals surface area contributed by atoms with Crippen LogP contribution in [-0.2, 0) is 4.74 Å². The summed E-state index contributed by atoms with van der Waals surface area (Å²) in [5.41, 5.74) is -0.698. The van der Waals surface area contributed by atoms with Gasteiger partial charge in [-0.1, -0.05) is 41.0 Å². The lowest BCUT2D eigenvalue weighted by Crippen LogP contribution is -2.34. The van der Waals surface area contributed by atoms with Crippen molar-refractivity contribution in [3.05, 3.63) is 0 Å². The summed E-state index contributed by atoms with van der Waals surface area (Å²) in [4.78, 5) is 0. The van der Waals surface area contributed by atoms with Crippen molar-refractivity contribution in [2.75, 3.05) is 13.2 Å². The van der Waals surface area contributed by atoms with Gasteiger partial charge in [-0.15, -0.1) is 0 Å². The Bertz CT molecular complexity index is 283. The maximum atomic E-state index is 13.9. The number of rotatable bonds is 6. The summed E-state index contributed by atoms with van der Waals surface area (Å²) in [5, 5.41) is 0. The van der Waals surface area contributed by atoms with E-state index in [9.17, 15) is 8.78 Å². The molecule has 0 saturated carbocycles. The average molecular weight is 276 g/mol. The summed E-state index contributed by atoms with van der Waals surface area (Å²) in [7, 11) is 0. The van der Waals surface area contributed by atoms with E-state index in [1.165, 1.54) is 0 Å².